The fourth-order valence-corrected chi connectivity index (χ4v) is 0.918. The number of nitrogens with one attached hydrogen (secondary N) is 1. The third-order valence-electron chi connectivity index (χ3n) is 1.52. The van der Waals surface area contributed by atoms with Gasteiger partial charge in [0.15, 0.2) is 0 Å². The molecule has 66 valence electrons. The Labute approximate surface area is 84.5 Å². The zero-order chi connectivity index (χ0) is 10.2. The maximum Gasteiger partial charge on any atom is 0.0703 e. The summed E-state index contributed by atoms with van der Waals surface area (Å²) in [5.74, 6) is 8.26. The molecule has 0 bridgehead atoms. The molecule has 1 aromatic rings. The molecule has 0 aromatic heterocycles. The molecule has 0 aliphatic heterocycles. The van der Waals surface area contributed by atoms with Gasteiger partial charge in [-0.3, -0.25) is 0 Å². The van der Waals surface area contributed by atoms with Crippen molar-refractivity contribution in [3.8, 4) is 36.7 Å². The molecule has 0 saturated heterocycles. The standard InChI is InChI=1S/C13H9N/c1-3-5-6-7-12-8-10-13(11-9-12)14-4-2/h1-2,8-11,14H,5H2. The van der Waals surface area contributed by atoms with Crippen LogP contribution in [0.3, 0.4) is 0 Å². The number of benzene rings is 1. The van der Waals surface area contributed by atoms with Gasteiger partial charge in [-0.05, 0) is 24.3 Å². The van der Waals surface area contributed by atoms with Crippen LogP contribution in [0, 0.1) is 36.7 Å². The topological polar surface area (TPSA) is 12.0 Å². The summed E-state index contributed by atoms with van der Waals surface area (Å²) in [5, 5.41) is 2.75. The third kappa shape index (κ3) is 2.98. The Hall–Kier alpha value is -2.30. The average molecular weight is 179 g/mol. The van der Waals surface area contributed by atoms with Crippen molar-refractivity contribution in [1.82, 2.24) is 0 Å². The second kappa shape index (κ2) is 5.36. The Balaban J connectivity index is 2.72. The van der Waals surface area contributed by atoms with E-state index in [9.17, 15) is 0 Å². The summed E-state index contributed by atoms with van der Waals surface area (Å²) in [6, 6.07) is 9.88. The van der Waals surface area contributed by atoms with Gasteiger partial charge in [0, 0.05) is 17.3 Å². The maximum atomic E-state index is 5.09. The summed E-state index contributed by atoms with van der Waals surface area (Å²) in [4.78, 5) is 0. The highest BCUT2D eigenvalue weighted by Gasteiger charge is 1.88. The number of hydrogen-bond donors (Lipinski definition) is 1. The van der Waals surface area contributed by atoms with Crippen molar-refractivity contribution in [2.45, 2.75) is 6.42 Å². The number of terminal acetylenes is 2. The molecule has 0 unspecified atom stereocenters. The summed E-state index contributed by atoms with van der Waals surface area (Å²) in [5.41, 5.74) is 1.82. The lowest BCUT2D eigenvalue weighted by Gasteiger charge is -1.96. The second-order valence-electron chi connectivity index (χ2n) is 2.53. The van der Waals surface area contributed by atoms with E-state index < -0.39 is 0 Å². The van der Waals surface area contributed by atoms with Crippen LogP contribution in [-0.4, -0.2) is 0 Å². The zero-order valence-electron chi connectivity index (χ0n) is 7.67. The van der Waals surface area contributed by atoms with Gasteiger partial charge in [-0.15, -0.1) is 6.42 Å². The van der Waals surface area contributed by atoms with Crippen molar-refractivity contribution < 1.29 is 0 Å². The fourth-order valence-electron chi connectivity index (χ4n) is 0.918. The van der Waals surface area contributed by atoms with Crippen molar-refractivity contribution in [3.63, 3.8) is 0 Å². The van der Waals surface area contributed by atoms with Gasteiger partial charge in [0.25, 0.3) is 0 Å². The first kappa shape index (κ1) is 9.79. The third-order valence-corrected chi connectivity index (χ3v) is 1.52. The largest absolute Gasteiger partial charge is 0.315 e. The lowest BCUT2D eigenvalue weighted by Crippen LogP contribution is -1.86. The molecule has 0 atom stereocenters. The monoisotopic (exact) mass is 179 g/mol. The quantitative estimate of drug-likeness (QED) is 0.514. The van der Waals surface area contributed by atoms with E-state index >= 15 is 0 Å². The van der Waals surface area contributed by atoms with Crippen molar-refractivity contribution in [2.24, 2.45) is 0 Å². The van der Waals surface area contributed by atoms with Crippen LogP contribution in [0.2, 0.25) is 0 Å². The molecule has 1 N–H and O–H groups in total. The molecule has 1 rings (SSSR count). The van der Waals surface area contributed by atoms with E-state index in [1.54, 1.807) is 0 Å². The van der Waals surface area contributed by atoms with Crippen molar-refractivity contribution in [2.75, 3.05) is 5.32 Å². The van der Waals surface area contributed by atoms with Crippen molar-refractivity contribution >= 4 is 5.69 Å². The van der Waals surface area contributed by atoms with Crippen LogP contribution >= 0.6 is 0 Å². The second-order valence-corrected chi connectivity index (χ2v) is 2.53. The number of rotatable bonds is 1. The molecule has 0 heterocycles. The molecule has 0 amide bonds. The van der Waals surface area contributed by atoms with Gasteiger partial charge < -0.3 is 5.32 Å². The molecule has 1 nitrogen and oxygen atoms in total. The Kier molecular flexibility index (Phi) is 3.75. The van der Waals surface area contributed by atoms with Crippen LogP contribution < -0.4 is 5.32 Å². The van der Waals surface area contributed by atoms with Crippen LogP contribution in [0.25, 0.3) is 0 Å². The summed E-state index contributed by atoms with van der Waals surface area (Å²) in [6.07, 6.45) is 10.6. The van der Waals surface area contributed by atoms with E-state index in [0.717, 1.165) is 11.3 Å². The predicted octanol–water partition coefficient (Wildman–Crippen LogP) is 2.06. The first-order valence-electron chi connectivity index (χ1n) is 4.11. The van der Waals surface area contributed by atoms with Gasteiger partial charge in [-0.1, -0.05) is 24.2 Å². The molecule has 14 heavy (non-hydrogen) atoms. The number of hydrogen-bond acceptors (Lipinski definition) is 1. The molecule has 0 spiro atoms. The fraction of sp³-hybridized carbons (Fsp3) is 0.0769. The van der Waals surface area contributed by atoms with Gasteiger partial charge in [0.2, 0.25) is 0 Å². The van der Waals surface area contributed by atoms with E-state index in [1.165, 1.54) is 0 Å². The minimum Gasteiger partial charge on any atom is -0.315 e. The summed E-state index contributed by atoms with van der Waals surface area (Å²) in [6.45, 7) is 0. The molecule has 0 radical (unpaired) electrons. The highest BCUT2D eigenvalue weighted by molar-refractivity contribution is 5.51. The molecule has 0 aliphatic rings. The molecular formula is C13H9N. The van der Waals surface area contributed by atoms with Crippen LogP contribution in [0.1, 0.15) is 12.0 Å². The maximum absolute atomic E-state index is 5.09. The van der Waals surface area contributed by atoms with E-state index in [-0.39, 0.29) is 0 Å². The summed E-state index contributed by atoms with van der Waals surface area (Å²) >= 11 is 0. The summed E-state index contributed by atoms with van der Waals surface area (Å²) < 4.78 is 0. The first-order chi connectivity index (χ1) is 6.86. The van der Waals surface area contributed by atoms with Gasteiger partial charge in [0.05, 0.1) is 6.42 Å². The van der Waals surface area contributed by atoms with E-state index in [2.05, 4.69) is 29.1 Å². The minimum atomic E-state index is 0.477. The number of anilines is 1. The van der Waals surface area contributed by atoms with Crippen LogP contribution in [0.4, 0.5) is 5.69 Å². The Morgan fingerprint density at radius 1 is 1.14 bits per heavy atom. The smallest absolute Gasteiger partial charge is 0.0703 e. The highest BCUT2D eigenvalue weighted by Crippen LogP contribution is 2.07. The summed E-state index contributed by atoms with van der Waals surface area (Å²) in [7, 11) is 0. The van der Waals surface area contributed by atoms with Crippen LogP contribution in [-0.2, 0) is 0 Å². The molecule has 0 saturated carbocycles. The van der Waals surface area contributed by atoms with Gasteiger partial charge >= 0.3 is 0 Å². The van der Waals surface area contributed by atoms with E-state index in [4.69, 9.17) is 12.8 Å². The van der Waals surface area contributed by atoms with Crippen molar-refractivity contribution in [1.29, 1.82) is 0 Å². The minimum absolute atomic E-state index is 0.477. The Bertz CT molecular complexity index is 429. The molecule has 1 heteroatoms. The van der Waals surface area contributed by atoms with Crippen LogP contribution in [0.5, 0.6) is 0 Å². The molecular weight excluding hydrogens is 170 g/mol. The Morgan fingerprint density at radius 2 is 1.86 bits per heavy atom. The highest BCUT2D eigenvalue weighted by atomic mass is 14.8. The van der Waals surface area contributed by atoms with Gasteiger partial charge in [-0.2, -0.15) is 0 Å². The molecule has 1 aromatic carbocycles. The van der Waals surface area contributed by atoms with Gasteiger partial charge in [0.1, 0.15) is 0 Å². The SMILES string of the molecule is C#CCC#Cc1ccc(NC#C)cc1. The van der Waals surface area contributed by atoms with E-state index in [0.29, 0.717) is 6.42 Å². The average Bonchev–Trinajstić information content (AvgIpc) is 2.21. The van der Waals surface area contributed by atoms with Crippen LogP contribution in [0.15, 0.2) is 24.3 Å². The molecule has 0 aliphatic carbocycles. The van der Waals surface area contributed by atoms with Crippen molar-refractivity contribution in [3.05, 3.63) is 29.8 Å². The zero-order valence-corrected chi connectivity index (χ0v) is 7.67. The normalized spacial score (nSPS) is 7.57. The Morgan fingerprint density at radius 3 is 2.43 bits per heavy atom. The molecule has 0 fully saturated rings. The lowest BCUT2D eigenvalue weighted by molar-refractivity contribution is 1.55. The van der Waals surface area contributed by atoms with Gasteiger partial charge in [-0.25, -0.2) is 0 Å². The first-order valence-corrected chi connectivity index (χ1v) is 4.11. The predicted molar refractivity (Wildman–Crippen MR) is 59.2 cm³/mol. The van der Waals surface area contributed by atoms with E-state index in [1.807, 2.05) is 24.3 Å². The lowest BCUT2D eigenvalue weighted by atomic mass is 10.2.